The quantitative estimate of drug-likeness (QED) is 0.921. The fourth-order valence-corrected chi connectivity index (χ4v) is 3.78. The molecular weight excluding hydrogens is 280 g/mol. The number of aryl methyl sites for hydroxylation is 1. The summed E-state index contributed by atoms with van der Waals surface area (Å²) in [7, 11) is 4.28. The number of likely N-dealkylation sites (tertiary alicyclic amines) is 1. The predicted molar refractivity (Wildman–Crippen MR) is 87.6 cm³/mol. The molecule has 5 heteroatoms. The van der Waals surface area contributed by atoms with Gasteiger partial charge < -0.3 is 14.8 Å². The summed E-state index contributed by atoms with van der Waals surface area (Å²) in [6.07, 6.45) is 6.49. The first-order valence-corrected chi connectivity index (χ1v) is 8.54. The molecule has 0 aliphatic carbocycles. The molecule has 0 radical (unpaired) electrons. The molecule has 1 aliphatic rings. The van der Waals surface area contributed by atoms with E-state index < -0.39 is 0 Å². The highest BCUT2D eigenvalue weighted by molar-refractivity contribution is 7.10. The SMILES string of the molecule is CN1CCC(CNC(c2cccs2)c2nccn2C)CC1. The number of hydrogen-bond acceptors (Lipinski definition) is 4. The molecule has 4 nitrogen and oxygen atoms in total. The van der Waals surface area contributed by atoms with Crippen LogP contribution in [0.25, 0.3) is 0 Å². The summed E-state index contributed by atoms with van der Waals surface area (Å²) in [6.45, 7) is 3.51. The van der Waals surface area contributed by atoms with Gasteiger partial charge in [0, 0.05) is 24.3 Å². The Bertz CT molecular complexity index is 540. The van der Waals surface area contributed by atoms with Crippen LogP contribution in [0.3, 0.4) is 0 Å². The van der Waals surface area contributed by atoms with Gasteiger partial charge in [-0.15, -0.1) is 11.3 Å². The predicted octanol–water partition coefficient (Wildman–Crippen LogP) is 2.50. The zero-order valence-electron chi connectivity index (χ0n) is 12.8. The van der Waals surface area contributed by atoms with Crippen molar-refractivity contribution in [1.82, 2.24) is 19.8 Å². The number of imidazole rings is 1. The Labute approximate surface area is 130 Å². The van der Waals surface area contributed by atoms with Crippen LogP contribution in [0, 0.1) is 5.92 Å². The normalized spacial score (nSPS) is 19.0. The lowest BCUT2D eigenvalue weighted by Crippen LogP contribution is -2.36. The monoisotopic (exact) mass is 304 g/mol. The van der Waals surface area contributed by atoms with Crippen LogP contribution >= 0.6 is 11.3 Å². The minimum absolute atomic E-state index is 0.213. The van der Waals surface area contributed by atoms with E-state index in [4.69, 9.17) is 0 Å². The molecule has 114 valence electrons. The molecule has 0 bridgehead atoms. The lowest BCUT2D eigenvalue weighted by molar-refractivity contribution is 0.214. The lowest BCUT2D eigenvalue weighted by atomic mass is 9.97. The van der Waals surface area contributed by atoms with Crippen molar-refractivity contribution in [3.05, 3.63) is 40.6 Å². The second-order valence-electron chi connectivity index (χ2n) is 6.00. The maximum atomic E-state index is 4.55. The topological polar surface area (TPSA) is 33.1 Å². The van der Waals surface area contributed by atoms with Crippen molar-refractivity contribution in [1.29, 1.82) is 0 Å². The summed E-state index contributed by atoms with van der Waals surface area (Å²) >= 11 is 1.80. The number of nitrogens with one attached hydrogen (secondary N) is 1. The van der Waals surface area contributed by atoms with Crippen LogP contribution in [0.4, 0.5) is 0 Å². The van der Waals surface area contributed by atoms with Crippen LogP contribution in [0.1, 0.15) is 29.6 Å². The van der Waals surface area contributed by atoms with E-state index in [1.165, 1.54) is 30.8 Å². The van der Waals surface area contributed by atoms with Gasteiger partial charge in [-0.3, -0.25) is 0 Å². The highest BCUT2D eigenvalue weighted by Crippen LogP contribution is 2.25. The van der Waals surface area contributed by atoms with Crippen LogP contribution in [0.5, 0.6) is 0 Å². The molecular formula is C16H24N4S. The largest absolute Gasteiger partial charge is 0.336 e. The first-order chi connectivity index (χ1) is 10.2. The third kappa shape index (κ3) is 3.54. The van der Waals surface area contributed by atoms with Gasteiger partial charge in [-0.2, -0.15) is 0 Å². The van der Waals surface area contributed by atoms with Gasteiger partial charge in [0.2, 0.25) is 0 Å². The first kappa shape index (κ1) is 14.8. The second kappa shape index (κ2) is 6.73. The lowest BCUT2D eigenvalue weighted by Gasteiger charge is -2.30. The zero-order valence-corrected chi connectivity index (χ0v) is 13.6. The van der Waals surface area contributed by atoms with Gasteiger partial charge in [0.15, 0.2) is 0 Å². The highest BCUT2D eigenvalue weighted by atomic mass is 32.1. The standard InChI is InChI=1S/C16H24N4S/c1-19-8-5-13(6-9-19)12-18-15(14-4-3-11-21-14)16-17-7-10-20(16)2/h3-4,7,10-11,13,15,18H,5-6,8-9,12H2,1-2H3. The van der Waals surface area contributed by atoms with Crippen molar-refractivity contribution < 1.29 is 0 Å². The average molecular weight is 304 g/mol. The van der Waals surface area contributed by atoms with E-state index in [1.807, 2.05) is 12.4 Å². The minimum atomic E-state index is 0.213. The third-order valence-electron chi connectivity index (χ3n) is 4.39. The summed E-state index contributed by atoms with van der Waals surface area (Å²) in [5, 5.41) is 5.90. The summed E-state index contributed by atoms with van der Waals surface area (Å²) < 4.78 is 2.12. The fraction of sp³-hybridized carbons (Fsp3) is 0.562. The molecule has 1 unspecified atom stereocenters. The van der Waals surface area contributed by atoms with Crippen molar-refractivity contribution in [3.8, 4) is 0 Å². The molecule has 0 spiro atoms. The third-order valence-corrected chi connectivity index (χ3v) is 5.33. The maximum absolute atomic E-state index is 4.55. The van der Waals surface area contributed by atoms with Crippen LogP contribution < -0.4 is 5.32 Å². The molecule has 2 aromatic heterocycles. The molecule has 0 aromatic carbocycles. The van der Waals surface area contributed by atoms with E-state index in [2.05, 4.69) is 51.4 Å². The summed E-state index contributed by atoms with van der Waals surface area (Å²) in [6, 6.07) is 4.53. The first-order valence-electron chi connectivity index (χ1n) is 7.66. The Morgan fingerprint density at radius 1 is 1.38 bits per heavy atom. The van der Waals surface area contributed by atoms with Gasteiger partial charge in [0.25, 0.3) is 0 Å². The Balaban J connectivity index is 1.67. The van der Waals surface area contributed by atoms with Crippen molar-refractivity contribution in [2.24, 2.45) is 13.0 Å². The van der Waals surface area contributed by atoms with E-state index in [0.29, 0.717) is 0 Å². The van der Waals surface area contributed by atoms with E-state index in [0.717, 1.165) is 18.3 Å². The number of piperidine rings is 1. The number of hydrogen-bond donors (Lipinski definition) is 1. The summed E-state index contributed by atoms with van der Waals surface area (Å²) in [5.74, 6) is 1.88. The van der Waals surface area contributed by atoms with Crippen LogP contribution in [0.15, 0.2) is 29.9 Å². The molecule has 3 heterocycles. The molecule has 21 heavy (non-hydrogen) atoms. The van der Waals surface area contributed by atoms with Gasteiger partial charge in [-0.25, -0.2) is 4.98 Å². The fourth-order valence-electron chi connectivity index (χ4n) is 2.98. The second-order valence-corrected chi connectivity index (χ2v) is 6.98. The highest BCUT2D eigenvalue weighted by Gasteiger charge is 2.22. The van der Waals surface area contributed by atoms with Gasteiger partial charge >= 0.3 is 0 Å². The molecule has 1 aliphatic heterocycles. The number of thiophene rings is 1. The maximum Gasteiger partial charge on any atom is 0.131 e. The van der Waals surface area contributed by atoms with E-state index in [9.17, 15) is 0 Å². The Morgan fingerprint density at radius 3 is 2.81 bits per heavy atom. The molecule has 1 saturated heterocycles. The smallest absolute Gasteiger partial charge is 0.131 e. The summed E-state index contributed by atoms with van der Waals surface area (Å²) in [5.41, 5.74) is 0. The number of nitrogens with zero attached hydrogens (tertiary/aromatic N) is 3. The van der Waals surface area contributed by atoms with E-state index in [1.54, 1.807) is 11.3 Å². The van der Waals surface area contributed by atoms with Crippen LogP contribution in [-0.4, -0.2) is 41.1 Å². The van der Waals surface area contributed by atoms with Gasteiger partial charge in [0.05, 0.1) is 0 Å². The zero-order chi connectivity index (χ0) is 14.7. The minimum Gasteiger partial charge on any atom is -0.336 e. The Hall–Kier alpha value is -1.17. The van der Waals surface area contributed by atoms with E-state index >= 15 is 0 Å². The number of aromatic nitrogens is 2. The van der Waals surface area contributed by atoms with Crippen molar-refractivity contribution in [2.45, 2.75) is 18.9 Å². The Morgan fingerprint density at radius 2 is 2.19 bits per heavy atom. The number of rotatable bonds is 5. The van der Waals surface area contributed by atoms with Crippen molar-refractivity contribution in [3.63, 3.8) is 0 Å². The molecule has 1 N–H and O–H groups in total. The molecule has 1 fully saturated rings. The van der Waals surface area contributed by atoms with Crippen LogP contribution in [0.2, 0.25) is 0 Å². The molecule has 1 atom stereocenters. The van der Waals surface area contributed by atoms with E-state index in [-0.39, 0.29) is 6.04 Å². The molecule has 2 aromatic rings. The van der Waals surface area contributed by atoms with Gasteiger partial charge in [-0.1, -0.05) is 6.07 Å². The molecule has 0 saturated carbocycles. The molecule has 3 rings (SSSR count). The van der Waals surface area contributed by atoms with Crippen LogP contribution in [-0.2, 0) is 7.05 Å². The Kier molecular flexibility index (Phi) is 4.73. The summed E-state index contributed by atoms with van der Waals surface area (Å²) in [4.78, 5) is 8.31. The molecule has 0 amide bonds. The van der Waals surface area contributed by atoms with Crippen molar-refractivity contribution in [2.75, 3.05) is 26.7 Å². The average Bonchev–Trinajstić information content (AvgIpc) is 3.14. The van der Waals surface area contributed by atoms with Gasteiger partial charge in [-0.05, 0) is 56.9 Å². The van der Waals surface area contributed by atoms with Gasteiger partial charge in [0.1, 0.15) is 11.9 Å². The van der Waals surface area contributed by atoms with Crippen molar-refractivity contribution >= 4 is 11.3 Å².